The molecule has 0 saturated heterocycles. The van der Waals surface area contributed by atoms with E-state index in [2.05, 4.69) is 9.71 Å². The number of rotatable bonds is 5. The Morgan fingerprint density at radius 3 is 2.76 bits per heavy atom. The summed E-state index contributed by atoms with van der Waals surface area (Å²) in [4.78, 5) is 7.00. The molecule has 5 nitrogen and oxygen atoms in total. The van der Waals surface area contributed by atoms with Crippen molar-refractivity contribution in [2.24, 2.45) is 0 Å². The van der Waals surface area contributed by atoms with Crippen molar-refractivity contribution in [3.63, 3.8) is 0 Å². The van der Waals surface area contributed by atoms with Crippen molar-refractivity contribution in [3.8, 4) is 11.5 Å². The third kappa shape index (κ3) is 4.23. The number of nitrogens with zero attached hydrogens (tertiary/aromatic N) is 2. The molecule has 10 heteroatoms. The van der Waals surface area contributed by atoms with Gasteiger partial charge in [-0.05, 0) is 48.3 Å². The molecule has 1 aliphatic rings. The minimum absolute atomic E-state index is 0.163. The van der Waals surface area contributed by atoms with Crippen LogP contribution in [0.2, 0.25) is 0 Å². The predicted molar refractivity (Wildman–Crippen MR) is 109 cm³/mol. The lowest BCUT2D eigenvalue weighted by Gasteiger charge is -2.32. The van der Waals surface area contributed by atoms with Crippen LogP contribution in [-0.2, 0) is 6.18 Å². The summed E-state index contributed by atoms with van der Waals surface area (Å²) in [5.74, 6) is 0.820. The Kier molecular flexibility index (Phi) is 5.46. The van der Waals surface area contributed by atoms with Crippen LogP contribution in [0.25, 0.3) is 0 Å². The zero-order valence-electron chi connectivity index (χ0n) is 15.2. The van der Waals surface area contributed by atoms with E-state index < -0.39 is 11.7 Å². The first-order valence-corrected chi connectivity index (χ1v) is 10.3. The van der Waals surface area contributed by atoms with Gasteiger partial charge in [-0.1, -0.05) is 0 Å². The maximum atomic E-state index is 13.0. The van der Waals surface area contributed by atoms with Crippen LogP contribution < -0.4 is 19.1 Å². The molecule has 1 N–H and O–H groups in total. The van der Waals surface area contributed by atoms with E-state index in [1.165, 1.54) is 36.5 Å². The highest BCUT2D eigenvalue weighted by Gasteiger charge is 2.32. The Labute approximate surface area is 173 Å². The number of halogens is 3. The number of nitrogens with one attached hydrogen (secondary N) is 1. The molecule has 0 radical (unpaired) electrons. The summed E-state index contributed by atoms with van der Waals surface area (Å²) in [7, 11) is 1.37. The third-order valence-corrected chi connectivity index (χ3v) is 5.88. The van der Waals surface area contributed by atoms with Crippen LogP contribution in [0.15, 0.2) is 52.9 Å². The highest BCUT2D eigenvalue weighted by atomic mass is 32.2. The normalized spacial score (nSPS) is 13.6. The molecular weight excluding hydrogens is 423 g/mol. The van der Waals surface area contributed by atoms with Crippen LogP contribution in [0.5, 0.6) is 11.5 Å². The van der Waals surface area contributed by atoms with E-state index in [4.69, 9.17) is 9.47 Å². The first kappa shape index (κ1) is 19.7. The fraction of sp³-hybridized carbons (Fsp3) is 0.211. The largest absolute Gasteiger partial charge is 0.495 e. The van der Waals surface area contributed by atoms with Gasteiger partial charge in [0.05, 0.1) is 30.6 Å². The molecule has 29 heavy (non-hydrogen) atoms. The Balaban J connectivity index is 1.61. The van der Waals surface area contributed by atoms with Gasteiger partial charge in [0.2, 0.25) is 0 Å². The topological polar surface area (TPSA) is 46.6 Å². The Morgan fingerprint density at radius 2 is 2.03 bits per heavy atom. The number of methoxy groups -OCH3 is 1. The van der Waals surface area contributed by atoms with E-state index in [0.29, 0.717) is 24.6 Å². The molecule has 3 aromatic rings. The summed E-state index contributed by atoms with van der Waals surface area (Å²) < 4.78 is 53.3. The third-order valence-electron chi connectivity index (χ3n) is 4.28. The second kappa shape index (κ2) is 8.03. The molecule has 2 aromatic carbocycles. The molecule has 0 fully saturated rings. The maximum Gasteiger partial charge on any atom is 0.416 e. The standard InChI is InChI=1S/C19H16F3N3O2S2/c1-26-16-10-12(19(20,21)22)2-4-14(16)25-7-8-27-17-11-13(3-5-15(17)25)29-24-18-23-6-9-28-18/h2-6,9-11H,7-8H2,1H3,(H,23,24). The molecule has 0 atom stereocenters. The highest BCUT2D eigenvalue weighted by molar-refractivity contribution is 8.00. The molecule has 0 amide bonds. The lowest BCUT2D eigenvalue weighted by atomic mass is 10.1. The van der Waals surface area contributed by atoms with Gasteiger partial charge in [-0.2, -0.15) is 13.2 Å². The van der Waals surface area contributed by atoms with Crippen LogP contribution in [-0.4, -0.2) is 25.2 Å². The molecule has 0 saturated carbocycles. The van der Waals surface area contributed by atoms with Gasteiger partial charge in [0.25, 0.3) is 0 Å². The predicted octanol–water partition coefficient (Wildman–Crippen LogP) is 5.82. The molecule has 4 rings (SSSR count). The minimum Gasteiger partial charge on any atom is -0.495 e. The zero-order chi connectivity index (χ0) is 20.4. The Hall–Kier alpha value is -2.59. The Morgan fingerprint density at radius 1 is 1.21 bits per heavy atom. The van der Waals surface area contributed by atoms with Crippen LogP contribution in [0.4, 0.5) is 29.7 Å². The van der Waals surface area contributed by atoms with E-state index in [0.717, 1.165) is 27.8 Å². The van der Waals surface area contributed by atoms with Crippen LogP contribution in [0.3, 0.4) is 0 Å². The highest BCUT2D eigenvalue weighted by Crippen LogP contribution is 2.44. The molecule has 2 heterocycles. The van der Waals surface area contributed by atoms with Crippen LogP contribution >= 0.6 is 23.3 Å². The quantitative estimate of drug-likeness (QED) is 0.506. The van der Waals surface area contributed by atoms with Gasteiger partial charge in [-0.15, -0.1) is 11.3 Å². The van der Waals surface area contributed by atoms with Crippen molar-refractivity contribution in [1.82, 2.24) is 4.98 Å². The van der Waals surface area contributed by atoms with Gasteiger partial charge in [0, 0.05) is 16.5 Å². The fourth-order valence-corrected chi connectivity index (χ4v) is 4.22. The van der Waals surface area contributed by atoms with Gasteiger partial charge in [-0.3, -0.25) is 0 Å². The maximum absolute atomic E-state index is 13.0. The van der Waals surface area contributed by atoms with Gasteiger partial charge in [0.15, 0.2) is 5.13 Å². The van der Waals surface area contributed by atoms with Crippen molar-refractivity contribution in [1.29, 1.82) is 0 Å². The van der Waals surface area contributed by atoms with Crippen LogP contribution in [0, 0.1) is 0 Å². The summed E-state index contributed by atoms with van der Waals surface area (Å²) in [5.41, 5.74) is 0.589. The average molecular weight is 439 g/mol. The molecule has 1 aromatic heterocycles. The first-order valence-electron chi connectivity index (χ1n) is 8.57. The number of thiazole rings is 1. The van der Waals surface area contributed by atoms with Crippen molar-refractivity contribution in [2.45, 2.75) is 11.1 Å². The van der Waals surface area contributed by atoms with Crippen molar-refractivity contribution in [2.75, 3.05) is 29.9 Å². The molecule has 0 spiro atoms. The molecule has 0 unspecified atom stereocenters. The molecule has 1 aliphatic heterocycles. The van der Waals surface area contributed by atoms with E-state index >= 15 is 0 Å². The number of fused-ring (bicyclic) bond motifs is 1. The second-order valence-corrected chi connectivity index (χ2v) is 7.83. The average Bonchev–Trinajstić information content (AvgIpc) is 3.24. The molecular formula is C19H16F3N3O2S2. The second-order valence-electron chi connectivity index (χ2n) is 6.06. The van der Waals surface area contributed by atoms with Crippen molar-refractivity contribution < 1.29 is 22.6 Å². The van der Waals surface area contributed by atoms with E-state index in [1.807, 2.05) is 28.5 Å². The monoisotopic (exact) mass is 439 g/mol. The summed E-state index contributed by atoms with van der Waals surface area (Å²) in [6.45, 7) is 0.907. The first-order chi connectivity index (χ1) is 14.0. The van der Waals surface area contributed by atoms with Gasteiger partial charge in [0.1, 0.15) is 18.1 Å². The summed E-state index contributed by atoms with van der Waals surface area (Å²) in [6, 6.07) is 9.22. The van der Waals surface area contributed by atoms with Crippen LogP contribution in [0.1, 0.15) is 5.56 Å². The van der Waals surface area contributed by atoms with E-state index in [1.54, 1.807) is 6.20 Å². The number of hydrogen-bond acceptors (Lipinski definition) is 7. The van der Waals surface area contributed by atoms with Gasteiger partial charge in [-0.25, -0.2) is 4.98 Å². The zero-order valence-corrected chi connectivity index (χ0v) is 16.8. The number of benzene rings is 2. The molecule has 152 valence electrons. The van der Waals surface area contributed by atoms with Gasteiger partial charge < -0.3 is 19.1 Å². The SMILES string of the molecule is COc1cc(C(F)(F)F)ccc1N1CCOc2cc(SNc3nccs3)ccc21. The van der Waals surface area contributed by atoms with Crippen molar-refractivity contribution >= 4 is 39.8 Å². The number of anilines is 3. The van der Waals surface area contributed by atoms with E-state index in [-0.39, 0.29) is 5.75 Å². The van der Waals surface area contributed by atoms with Gasteiger partial charge >= 0.3 is 6.18 Å². The minimum atomic E-state index is -4.43. The summed E-state index contributed by atoms with van der Waals surface area (Å²) >= 11 is 2.91. The van der Waals surface area contributed by atoms with E-state index in [9.17, 15) is 13.2 Å². The summed E-state index contributed by atoms with van der Waals surface area (Å²) in [6.07, 6.45) is -2.70. The number of ether oxygens (including phenoxy) is 2. The number of hydrogen-bond donors (Lipinski definition) is 1. The molecule has 0 bridgehead atoms. The van der Waals surface area contributed by atoms with Crippen molar-refractivity contribution in [3.05, 3.63) is 53.5 Å². The number of alkyl halides is 3. The lowest BCUT2D eigenvalue weighted by molar-refractivity contribution is -0.137. The molecule has 0 aliphatic carbocycles. The lowest BCUT2D eigenvalue weighted by Crippen LogP contribution is -2.29. The summed E-state index contributed by atoms with van der Waals surface area (Å²) in [5, 5.41) is 2.68. The fourth-order valence-electron chi connectivity index (χ4n) is 2.97. The Bertz CT molecular complexity index is 997. The smallest absolute Gasteiger partial charge is 0.416 e. The number of aromatic nitrogens is 1.